The minimum absolute atomic E-state index is 0.229. The molecule has 1 aromatic heterocycles. The third-order valence-corrected chi connectivity index (χ3v) is 5.33. The van der Waals surface area contributed by atoms with E-state index in [-0.39, 0.29) is 5.91 Å². The molecular formula is C21H26N4O3. The zero-order valence-corrected chi connectivity index (χ0v) is 16.4. The van der Waals surface area contributed by atoms with E-state index in [2.05, 4.69) is 34.0 Å². The molecule has 7 nitrogen and oxygen atoms in total. The van der Waals surface area contributed by atoms with Gasteiger partial charge >= 0.3 is 0 Å². The summed E-state index contributed by atoms with van der Waals surface area (Å²) in [7, 11) is 0. The van der Waals surface area contributed by atoms with Crippen molar-refractivity contribution >= 4 is 17.5 Å². The fourth-order valence-corrected chi connectivity index (χ4v) is 3.76. The molecule has 0 bridgehead atoms. The molecule has 0 saturated carbocycles. The molecule has 7 heteroatoms. The van der Waals surface area contributed by atoms with E-state index in [0.29, 0.717) is 30.8 Å². The molecule has 0 radical (unpaired) electrons. The van der Waals surface area contributed by atoms with Gasteiger partial charge in [0.25, 0.3) is 5.91 Å². The third kappa shape index (κ3) is 3.86. The van der Waals surface area contributed by atoms with Gasteiger partial charge in [0.1, 0.15) is 5.69 Å². The molecule has 2 aliphatic rings. The summed E-state index contributed by atoms with van der Waals surface area (Å²) in [6.07, 6.45) is 3.18. The Morgan fingerprint density at radius 1 is 1.14 bits per heavy atom. The summed E-state index contributed by atoms with van der Waals surface area (Å²) in [5.74, 6) is 0.218. The van der Waals surface area contributed by atoms with E-state index in [1.165, 1.54) is 0 Å². The van der Waals surface area contributed by atoms with Gasteiger partial charge in [0.05, 0.1) is 13.2 Å². The molecule has 2 fully saturated rings. The topological polar surface area (TPSA) is 76.6 Å². The molecule has 1 aromatic carbocycles. The van der Waals surface area contributed by atoms with Crippen LogP contribution in [0.4, 0.5) is 11.6 Å². The molecule has 2 aromatic rings. The number of ether oxygens (including phenoxy) is 2. The highest BCUT2D eigenvalue weighted by molar-refractivity contribution is 6.03. The fraction of sp³-hybridized carbons (Fsp3) is 0.476. The van der Waals surface area contributed by atoms with Crippen LogP contribution in [-0.4, -0.2) is 48.0 Å². The molecule has 1 N–H and O–H groups in total. The maximum Gasteiger partial charge on any atom is 0.274 e. The second-order valence-electron chi connectivity index (χ2n) is 7.53. The van der Waals surface area contributed by atoms with E-state index in [9.17, 15) is 4.79 Å². The van der Waals surface area contributed by atoms with Crippen molar-refractivity contribution in [3.8, 4) is 0 Å². The SMILES string of the molecule is CC(C)c1ccccc1NC(=O)c1ccnc(N2CCC3(CC2)OCCO3)n1. The van der Waals surface area contributed by atoms with Gasteiger partial charge in [-0.05, 0) is 23.6 Å². The van der Waals surface area contributed by atoms with Crippen LogP contribution in [0.1, 0.15) is 48.7 Å². The molecule has 3 heterocycles. The van der Waals surface area contributed by atoms with Crippen LogP contribution in [0.2, 0.25) is 0 Å². The Labute approximate surface area is 165 Å². The highest BCUT2D eigenvalue weighted by Gasteiger charge is 2.40. The van der Waals surface area contributed by atoms with Crippen LogP contribution in [0.25, 0.3) is 0 Å². The molecule has 28 heavy (non-hydrogen) atoms. The van der Waals surface area contributed by atoms with E-state index in [1.807, 2.05) is 24.3 Å². The van der Waals surface area contributed by atoms with Crippen molar-refractivity contribution in [2.45, 2.75) is 38.4 Å². The van der Waals surface area contributed by atoms with Crippen LogP contribution in [0.5, 0.6) is 0 Å². The molecule has 2 saturated heterocycles. The summed E-state index contributed by atoms with van der Waals surface area (Å²) in [6.45, 7) is 7.00. The molecule has 0 atom stereocenters. The maximum absolute atomic E-state index is 12.8. The Kier molecular flexibility index (Phi) is 5.28. The molecular weight excluding hydrogens is 356 g/mol. The fourth-order valence-electron chi connectivity index (χ4n) is 3.76. The third-order valence-electron chi connectivity index (χ3n) is 5.33. The Hall–Kier alpha value is -2.51. The van der Waals surface area contributed by atoms with Gasteiger partial charge in [-0.3, -0.25) is 4.79 Å². The summed E-state index contributed by atoms with van der Waals surface area (Å²) >= 11 is 0. The van der Waals surface area contributed by atoms with Crippen LogP contribution < -0.4 is 10.2 Å². The number of aromatic nitrogens is 2. The average molecular weight is 382 g/mol. The number of anilines is 2. The Bertz CT molecular complexity index is 839. The molecule has 0 aliphatic carbocycles. The first-order valence-electron chi connectivity index (χ1n) is 9.82. The number of hydrogen-bond acceptors (Lipinski definition) is 6. The number of nitrogens with one attached hydrogen (secondary N) is 1. The summed E-state index contributed by atoms with van der Waals surface area (Å²) in [4.78, 5) is 23.7. The van der Waals surface area contributed by atoms with Crippen molar-refractivity contribution in [2.24, 2.45) is 0 Å². The second kappa shape index (κ2) is 7.85. The lowest BCUT2D eigenvalue weighted by atomic mass is 10.0. The van der Waals surface area contributed by atoms with Crippen LogP contribution >= 0.6 is 0 Å². The lowest BCUT2D eigenvalue weighted by Gasteiger charge is -2.37. The number of carbonyl (C=O) groups is 1. The van der Waals surface area contributed by atoms with Crippen molar-refractivity contribution in [1.82, 2.24) is 9.97 Å². The highest BCUT2D eigenvalue weighted by Crippen LogP contribution is 2.32. The number of para-hydroxylation sites is 1. The van der Waals surface area contributed by atoms with Gasteiger partial charge in [-0.15, -0.1) is 0 Å². The highest BCUT2D eigenvalue weighted by atomic mass is 16.7. The van der Waals surface area contributed by atoms with Gasteiger partial charge in [-0.1, -0.05) is 32.0 Å². The van der Waals surface area contributed by atoms with Gasteiger partial charge in [0, 0.05) is 37.8 Å². The number of rotatable bonds is 4. The minimum Gasteiger partial charge on any atom is -0.347 e. The summed E-state index contributed by atoms with van der Waals surface area (Å²) < 4.78 is 11.5. The second-order valence-corrected chi connectivity index (χ2v) is 7.53. The lowest BCUT2D eigenvalue weighted by Crippen LogP contribution is -2.45. The van der Waals surface area contributed by atoms with Crippen LogP contribution in [-0.2, 0) is 9.47 Å². The van der Waals surface area contributed by atoms with Gasteiger partial charge in [0.2, 0.25) is 5.95 Å². The molecule has 2 aliphatic heterocycles. The zero-order valence-electron chi connectivity index (χ0n) is 16.4. The number of piperidine rings is 1. The lowest BCUT2D eigenvalue weighted by molar-refractivity contribution is -0.169. The Balaban J connectivity index is 1.46. The Morgan fingerprint density at radius 3 is 2.57 bits per heavy atom. The molecule has 148 valence electrons. The largest absolute Gasteiger partial charge is 0.347 e. The summed E-state index contributed by atoms with van der Waals surface area (Å²) in [6, 6.07) is 9.49. The average Bonchev–Trinajstić information content (AvgIpc) is 3.17. The van der Waals surface area contributed by atoms with E-state index >= 15 is 0 Å². The van der Waals surface area contributed by atoms with Crippen molar-refractivity contribution in [2.75, 3.05) is 36.5 Å². The minimum atomic E-state index is -0.438. The summed E-state index contributed by atoms with van der Waals surface area (Å²) in [5, 5.41) is 2.99. The van der Waals surface area contributed by atoms with Gasteiger partial charge in [0.15, 0.2) is 5.79 Å². The first kappa shape index (κ1) is 18.8. The molecule has 0 unspecified atom stereocenters. The van der Waals surface area contributed by atoms with E-state index in [4.69, 9.17) is 9.47 Å². The van der Waals surface area contributed by atoms with E-state index in [0.717, 1.165) is 37.2 Å². The van der Waals surface area contributed by atoms with E-state index < -0.39 is 5.79 Å². The monoisotopic (exact) mass is 382 g/mol. The molecule has 1 spiro atoms. The first-order chi connectivity index (χ1) is 13.6. The van der Waals surface area contributed by atoms with E-state index in [1.54, 1.807) is 12.3 Å². The van der Waals surface area contributed by atoms with Crippen molar-refractivity contribution in [1.29, 1.82) is 0 Å². The number of amides is 1. The zero-order chi connectivity index (χ0) is 19.6. The predicted molar refractivity (Wildman–Crippen MR) is 107 cm³/mol. The van der Waals surface area contributed by atoms with Gasteiger partial charge < -0.3 is 19.7 Å². The normalized spacial score (nSPS) is 18.6. The number of carbonyl (C=O) groups excluding carboxylic acids is 1. The van der Waals surface area contributed by atoms with Crippen molar-refractivity contribution in [3.63, 3.8) is 0 Å². The number of nitrogens with zero attached hydrogens (tertiary/aromatic N) is 3. The molecule has 1 amide bonds. The smallest absolute Gasteiger partial charge is 0.274 e. The van der Waals surface area contributed by atoms with Gasteiger partial charge in [-0.2, -0.15) is 0 Å². The first-order valence-corrected chi connectivity index (χ1v) is 9.82. The van der Waals surface area contributed by atoms with Crippen LogP contribution in [0.15, 0.2) is 36.5 Å². The standard InChI is InChI=1S/C21H26N4O3/c1-15(2)16-5-3-4-6-17(16)23-19(26)18-7-10-22-20(24-18)25-11-8-21(9-12-25)27-13-14-28-21/h3-7,10,15H,8-9,11-14H2,1-2H3,(H,23,26). The number of hydrogen-bond donors (Lipinski definition) is 1. The quantitative estimate of drug-likeness (QED) is 0.875. The van der Waals surface area contributed by atoms with Crippen molar-refractivity contribution in [3.05, 3.63) is 47.8 Å². The van der Waals surface area contributed by atoms with Gasteiger partial charge in [-0.25, -0.2) is 9.97 Å². The molecule has 4 rings (SSSR count). The predicted octanol–water partition coefficient (Wildman–Crippen LogP) is 3.20. The van der Waals surface area contributed by atoms with Crippen molar-refractivity contribution < 1.29 is 14.3 Å². The van der Waals surface area contributed by atoms with Crippen LogP contribution in [0.3, 0.4) is 0 Å². The number of benzene rings is 1. The van der Waals surface area contributed by atoms with Crippen LogP contribution in [0, 0.1) is 0 Å². The Morgan fingerprint density at radius 2 is 1.86 bits per heavy atom. The summed E-state index contributed by atoms with van der Waals surface area (Å²) in [5.41, 5.74) is 2.28. The maximum atomic E-state index is 12.8.